The molecule has 0 radical (unpaired) electrons. The van der Waals surface area contributed by atoms with Crippen molar-refractivity contribution in [2.75, 3.05) is 6.61 Å². The van der Waals surface area contributed by atoms with E-state index in [0.29, 0.717) is 5.39 Å². The van der Waals surface area contributed by atoms with Gasteiger partial charge in [0.05, 0.1) is 18.1 Å². The van der Waals surface area contributed by atoms with Crippen molar-refractivity contribution in [2.45, 2.75) is 50.7 Å². The lowest BCUT2D eigenvalue weighted by Crippen LogP contribution is -2.60. The van der Waals surface area contributed by atoms with E-state index in [1.165, 1.54) is 18.2 Å². The third kappa shape index (κ3) is 3.77. The van der Waals surface area contributed by atoms with Crippen LogP contribution in [0.15, 0.2) is 27.4 Å². The average Bonchev–Trinajstić information content (AvgIpc) is 2.65. The second kappa shape index (κ2) is 7.94. The van der Waals surface area contributed by atoms with E-state index >= 15 is 0 Å². The second-order valence-electron chi connectivity index (χ2n) is 6.71. The van der Waals surface area contributed by atoms with E-state index in [-0.39, 0.29) is 23.2 Å². The van der Waals surface area contributed by atoms with Crippen LogP contribution in [-0.2, 0) is 4.74 Å². The Morgan fingerprint density at radius 2 is 1.86 bits per heavy atom. The zero-order chi connectivity index (χ0) is 20.6. The maximum atomic E-state index is 11.9. The molecule has 10 heteroatoms. The van der Waals surface area contributed by atoms with Gasteiger partial charge in [-0.25, -0.2) is 4.79 Å². The van der Waals surface area contributed by atoms with Crippen molar-refractivity contribution in [1.29, 1.82) is 0 Å². The molecule has 1 aliphatic heterocycles. The minimum absolute atomic E-state index is 0.0272. The van der Waals surface area contributed by atoms with Crippen LogP contribution in [0.3, 0.4) is 0 Å². The highest BCUT2D eigenvalue weighted by atomic mass is 16.7. The minimum Gasteiger partial charge on any atom is -0.499 e. The summed E-state index contributed by atoms with van der Waals surface area (Å²) in [6.45, 7) is 2.87. The van der Waals surface area contributed by atoms with Crippen LogP contribution < -0.4 is 15.1 Å². The number of hydrogen-bond acceptors (Lipinski definition) is 10. The van der Waals surface area contributed by atoms with Gasteiger partial charge in [0.25, 0.3) is 0 Å². The molecule has 0 aliphatic carbocycles. The van der Waals surface area contributed by atoms with Crippen LogP contribution in [0.1, 0.15) is 13.8 Å². The van der Waals surface area contributed by atoms with Crippen LogP contribution in [0, 0.1) is 0 Å². The Hall–Kier alpha value is -2.37. The van der Waals surface area contributed by atoms with Gasteiger partial charge in [0.1, 0.15) is 35.7 Å². The molecule has 1 saturated heterocycles. The van der Waals surface area contributed by atoms with Crippen LogP contribution in [-0.4, -0.2) is 68.9 Å². The highest BCUT2D eigenvalue weighted by Gasteiger charge is 2.44. The van der Waals surface area contributed by atoms with E-state index in [1.807, 2.05) is 0 Å². The molecule has 28 heavy (non-hydrogen) atoms. The fourth-order valence-electron chi connectivity index (χ4n) is 2.87. The highest BCUT2D eigenvalue weighted by molar-refractivity contribution is 5.86. The normalized spacial score (nSPS) is 27.9. The molecule has 2 heterocycles. The Bertz CT molecular complexity index is 890. The van der Waals surface area contributed by atoms with E-state index in [0.717, 1.165) is 0 Å². The molecule has 0 bridgehead atoms. The van der Waals surface area contributed by atoms with Crippen LogP contribution in [0.5, 0.6) is 17.2 Å². The lowest BCUT2D eigenvalue weighted by molar-refractivity contribution is -0.277. The number of hydrogen-bond donors (Lipinski definition) is 5. The first-order chi connectivity index (χ1) is 13.2. The van der Waals surface area contributed by atoms with Gasteiger partial charge in [-0.15, -0.1) is 0 Å². The predicted octanol–water partition coefficient (Wildman–Crippen LogP) is -0.536. The summed E-state index contributed by atoms with van der Waals surface area (Å²) in [6, 6.07) is 4.26. The van der Waals surface area contributed by atoms with E-state index < -0.39 is 48.7 Å². The smallest absolute Gasteiger partial charge is 0.382 e. The molecule has 5 N–H and O–H groups in total. The summed E-state index contributed by atoms with van der Waals surface area (Å²) >= 11 is 0. The molecule has 5 atom stereocenters. The standard InChI is InChI=1S/C18H22O10/c1-7(2)25-16-9-4-3-8(5-10(9)27-17(24)15(16)23)26-18-14(22)13(21)12(20)11(6-19)28-18/h3-5,7,11-14,18-23H,6H2,1-2H3/t11-,12-,13+,14+,18+/m1/s1. The van der Waals surface area contributed by atoms with Gasteiger partial charge < -0.3 is 44.2 Å². The van der Waals surface area contributed by atoms with Crippen molar-refractivity contribution < 1.29 is 44.2 Å². The highest BCUT2D eigenvalue weighted by Crippen LogP contribution is 2.35. The molecule has 2 aromatic rings. The molecular formula is C18H22O10. The number of rotatable bonds is 5. The third-order valence-electron chi connectivity index (χ3n) is 4.26. The molecule has 0 spiro atoms. The molecule has 154 valence electrons. The van der Waals surface area contributed by atoms with Crippen LogP contribution in [0.4, 0.5) is 0 Å². The molecule has 0 amide bonds. The van der Waals surface area contributed by atoms with Gasteiger partial charge in [-0.3, -0.25) is 0 Å². The molecular weight excluding hydrogens is 376 g/mol. The molecule has 0 saturated carbocycles. The van der Waals surface area contributed by atoms with Crippen molar-refractivity contribution in [1.82, 2.24) is 0 Å². The lowest BCUT2D eigenvalue weighted by atomic mass is 9.99. The van der Waals surface area contributed by atoms with Gasteiger partial charge in [0, 0.05) is 6.07 Å². The Labute approximate surface area is 159 Å². The minimum atomic E-state index is -1.59. The summed E-state index contributed by atoms with van der Waals surface area (Å²) in [6.07, 6.45) is -7.49. The van der Waals surface area contributed by atoms with Crippen molar-refractivity contribution in [3.8, 4) is 17.2 Å². The van der Waals surface area contributed by atoms with Gasteiger partial charge in [-0.05, 0) is 26.0 Å². The van der Waals surface area contributed by atoms with E-state index in [4.69, 9.17) is 18.6 Å². The van der Waals surface area contributed by atoms with Crippen molar-refractivity contribution in [2.24, 2.45) is 0 Å². The number of aromatic hydroxyl groups is 1. The fraction of sp³-hybridized carbons (Fsp3) is 0.500. The first-order valence-electron chi connectivity index (χ1n) is 8.66. The molecule has 1 aliphatic rings. The van der Waals surface area contributed by atoms with E-state index in [1.54, 1.807) is 13.8 Å². The zero-order valence-electron chi connectivity index (χ0n) is 15.2. The second-order valence-corrected chi connectivity index (χ2v) is 6.71. The largest absolute Gasteiger partial charge is 0.499 e. The summed E-state index contributed by atoms with van der Waals surface area (Å²) in [5, 5.41) is 49.2. The molecule has 0 unspecified atom stereocenters. The summed E-state index contributed by atoms with van der Waals surface area (Å²) < 4.78 is 21.3. The number of benzene rings is 1. The monoisotopic (exact) mass is 398 g/mol. The first-order valence-corrected chi connectivity index (χ1v) is 8.66. The Morgan fingerprint density at radius 1 is 1.14 bits per heavy atom. The van der Waals surface area contributed by atoms with Gasteiger partial charge >= 0.3 is 5.63 Å². The van der Waals surface area contributed by atoms with E-state index in [9.17, 15) is 30.3 Å². The summed E-state index contributed by atoms with van der Waals surface area (Å²) in [5.74, 6) is -0.564. The molecule has 1 aromatic carbocycles. The topological polar surface area (TPSA) is 159 Å². The average molecular weight is 398 g/mol. The maximum Gasteiger partial charge on any atom is 0.382 e. The Kier molecular flexibility index (Phi) is 5.77. The molecule has 1 aromatic heterocycles. The molecule has 3 rings (SSSR count). The first kappa shape index (κ1) is 20.4. The lowest BCUT2D eigenvalue weighted by Gasteiger charge is -2.39. The Balaban J connectivity index is 1.92. The number of ether oxygens (including phenoxy) is 3. The summed E-state index contributed by atoms with van der Waals surface area (Å²) in [5.41, 5.74) is -0.936. The van der Waals surface area contributed by atoms with Crippen molar-refractivity contribution in [3.05, 3.63) is 28.6 Å². The predicted molar refractivity (Wildman–Crippen MR) is 94.3 cm³/mol. The number of aliphatic hydroxyl groups is 4. The van der Waals surface area contributed by atoms with Gasteiger partial charge in [0.2, 0.25) is 12.0 Å². The van der Waals surface area contributed by atoms with Gasteiger partial charge in [0.15, 0.2) is 5.75 Å². The molecule has 10 nitrogen and oxygen atoms in total. The van der Waals surface area contributed by atoms with Crippen molar-refractivity contribution in [3.63, 3.8) is 0 Å². The van der Waals surface area contributed by atoms with E-state index in [2.05, 4.69) is 0 Å². The third-order valence-corrected chi connectivity index (χ3v) is 4.26. The van der Waals surface area contributed by atoms with Crippen LogP contribution in [0.25, 0.3) is 11.0 Å². The zero-order valence-corrected chi connectivity index (χ0v) is 15.2. The van der Waals surface area contributed by atoms with Crippen LogP contribution in [0.2, 0.25) is 0 Å². The maximum absolute atomic E-state index is 11.9. The van der Waals surface area contributed by atoms with Crippen molar-refractivity contribution >= 4 is 11.0 Å². The van der Waals surface area contributed by atoms with Gasteiger partial charge in [-0.2, -0.15) is 0 Å². The number of aliphatic hydroxyl groups excluding tert-OH is 4. The fourth-order valence-corrected chi connectivity index (χ4v) is 2.87. The SMILES string of the molecule is CC(C)Oc1c(O)c(=O)oc2cc(O[C@H]3O[C@H](CO)[C@@H](O)[C@H](O)[C@@H]3O)ccc12. The Morgan fingerprint density at radius 3 is 2.50 bits per heavy atom. The quantitative estimate of drug-likeness (QED) is 0.414. The molecule has 1 fully saturated rings. The summed E-state index contributed by atoms with van der Waals surface area (Å²) in [7, 11) is 0. The number of fused-ring (bicyclic) bond motifs is 1. The van der Waals surface area contributed by atoms with Gasteiger partial charge in [-0.1, -0.05) is 0 Å². The summed E-state index contributed by atoms with van der Waals surface area (Å²) in [4.78, 5) is 11.9. The van der Waals surface area contributed by atoms with Crippen LogP contribution >= 0.6 is 0 Å².